The summed E-state index contributed by atoms with van der Waals surface area (Å²) in [5, 5.41) is 10.2. The molecule has 1 aromatic carbocycles. The number of nitrogens with zero attached hydrogens (tertiary/aromatic N) is 3. The Kier molecular flexibility index (Phi) is 3.21. The number of rotatable bonds is 2. The van der Waals surface area contributed by atoms with Crippen molar-refractivity contribution < 1.29 is 5.11 Å². The summed E-state index contributed by atoms with van der Waals surface area (Å²) in [4.78, 5) is 10.9. The Bertz CT molecular complexity index is 579. The van der Waals surface area contributed by atoms with Crippen molar-refractivity contribution in [3.05, 3.63) is 24.3 Å². The highest BCUT2D eigenvalue weighted by atomic mass is 16.3. The number of fused-ring (bicyclic) bond motifs is 1. The fraction of sp³-hybridized carbons (Fsp3) is 0.429. The van der Waals surface area contributed by atoms with Crippen molar-refractivity contribution in [2.75, 3.05) is 30.3 Å². The van der Waals surface area contributed by atoms with Gasteiger partial charge in [0.15, 0.2) is 0 Å². The topological polar surface area (TPSA) is 75.3 Å². The summed E-state index contributed by atoms with van der Waals surface area (Å²) < 4.78 is 0. The van der Waals surface area contributed by atoms with Gasteiger partial charge in [0.2, 0.25) is 5.95 Å². The Balaban J connectivity index is 1.96. The number of aliphatic hydroxyl groups is 1. The number of hydrogen-bond donors (Lipinski definition) is 2. The molecule has 1 aliphatic heterocycles. The van der Waals surface area contributed by atoms with Crippen LogP contribution in [0.5, 0.6) is 0 Å². The predicted octanol–water partition coefficient (Wildman–Crippen LogP) is 1.42. The van der Waals surface area contributed by atoms with Crippen LogP contribution in [0.2, 0.25) is 0 Å². The molecule has 2 heterocycles. The number of aromatic nitrogens is 2. The van der Waals surface area contributed by atoms with Gasteiger partial charge in [0.25, 0.3) is 0 Å². The van der Waals surface area contributed by atoms with Gasteiger partial charge < -0.3 is 15.7 Å². The molecule has 0 radical (unpaired) electrons. The van der Waals surface area contributed by atoms with Crippen LogP contribution in [0.4, 0.5) is 11.8 Å². The molecule has 1 aliphatic rings. The number of nitrogens with two attached hydrogens (primary N) is 1. The van der Waals surface area contributed by atoms with Crippen LogP contribution in [0.1, 0.15) is 12.8 Å². The first-order chi connectivity index (χ1) is 9.28. The van der Waals surface area contributed by atoms with Gasteiger partial charge in [-0.15, -0.1) is 0 Å². The summed E-state index contributed by atoms with van der Waals surface area (Å²) in [5.74, 6) is 1.65. The Morgan fingerprint density at radius 1 is 1.21 bits per heavy atom. The Morgan fingerprint density at radius 3 is 2.68 bits per heavy atom. The molecule has 1 aromatic heterocycles. The molecule has 19 heavy (non-hydrogen) atoms. The number of benzene rings is 1. The zero-order valence-corrected chi connectivity index (χ0v) is 10.8. The second kappa shape index (κ2) is 5.01. The van der Waals surface area contributed by atoms with E-state index in [0.717, 1.165) is 42.7 Å². The largest absolute Gasteiger partial charge is 0.396 e. The highest BCUT2D eigenvalue weighted by molar-refractivity contribution is 5.90. The van der Waals surface area contributed by atoms with E-state index in [9.17, 15) is 5.11 Å². The van der Waals surface area contributed by atoms with Gasteiger partial charge in [0.1, 0.15) is 5.82 Å². The van der Waals surface area contributed by atoms with Crippen LogP contribution in [-0.2, 0) is 0 Å². The molecule has 0 aliphatic carbocycles. The summed E-state index contributed by atoms with van der Waals surface area (Å²) in [5.41, 5.74) is 6.68. The van der Waals surface area contributed by atoms with Crippen LogP contribution in [0.15, 0.2) is 24.3 Å². The molecular formula is C14H18N4O. The van der Waals surface area contributed by atoms with E-state index >= 15 is 0 Å². The number of piperidine rings is 1. The molecule has 5 nitrogen and oxygen atoms in total. The first-order valence-electron chi connectivity index (χ1n) is 6.66. The smallest absolute Gasteiger partial charge is 0.222 e. The second-order valence-electron chi connectivity index (χ2n) is 5.04. The molecule has 0 spiro atoms. The molecule has 1 saturated heterocycles. The molecule has 100 valence electrons. The first-order valence-corrected chi connectivity index (χ1v) is 6.66. The highest BCUT2D eigenvalue weighted by Crippen LogP contribution is 2.28. The van der Waals surface area contributed by atoms with E-state index < -0.39 is 0 Å². The minimum absolute atomic E-state index is 0.278. The van der Waals surface area contributed by atoms with Crippen molar-refractivity contribution in [1.29, 1.82) is 0 Å². The summed E-state index contributed by atoms with van der Waals surface area (Å²) in [7, 11) is 0. The third-order valence-electron chi connectivity index (χ3n) is 3.77. The second-order valence-corrected chi connectivity index (χ2v) is 5.04. The highest BCUT2D eigenvalue weighted by Gasteiger charge is 2.21. The Morgan fingerprint density at radius 2 is 1.95 bits per heavy atom. The number of aliphatic hydroxyl groups excluding tert-OH is 1. The minimum Gasteiger partial charge on any atom is -0.396 e. The minimum atomic E-state index is 0.278. The zero-order chi connectivity index (χ0) is 13.2. The van der Waals surface area contributed by atoms with Crippen molar-refractivity contribution in [3.8, 4) is 0 Å². The van der Waals surface area contributed by atoms with E-state index in [1.54, 1.807) is 0 Å². The SMILES string of the molecule is Nc1nc(N2CCC(CO)CC2)c2ccccc2n1. The van der Waals surface area contributed by atoms with E-state index in [1.807, 2.05) is 24.3 Å². The maximum Gasteiger partial charge on any atom is 0.222 e. The van der Waals surface area contributed by atoms with Crippen LogP contribution < -0.4 is 10.6 Å². The lowest BCUT2D eigenvalue weighted by molar-refractivity contribution is 0.203. The third-order valence-corrected chi connectivity index (χ3v) is 3.77. The lowest BCUT2D eigenvalue weighted by Gasteiger charge is -2.32. The quantitative estimate of drug-likeness (QED) is 0.852. The lowest BCUT2D eigenvalue weighted by Crippen LogP contribution is -2.35. The molecule has 0 unspecified atom stereocenters. The maximum absolute atomic E-state index is 9.20. The number of para-hydroxylation sites is 1. The van der Waals surface area contributed by atoms with Crippen molar-refractivity contribution >= 4 is 22.7 Å². The van der Waals surface area contributed by atoms with E-state index in [1.165, 1.54) is 0 Å². The third kappa shape index (κ3) is 2.33. The lowest BCUT2D eigenvalue weighted by atomic mass is 9.98. The molecule has 0 amide bonds. The monoisotopic (exact) mass is 258 g/mol. The van der Waals surface area contributed by atoms with E-state index in [2.05, 4.69) is 14.9 Å². The van der Waals surface area contributed by atoms with E-state index in [-0.39, 0.29) is 6.61 Å². The van der Waals surface area contributed by atoms with Gasteiger partial charge in [-0.05, 0) is 30.9 Å². The van der Waals surface area contributed by atoms with Crippen LogP contribution in [0.3, 0.4) is 0 Å². The van der Waals surface area contributed by atoms with Crippen molar-refractivity contribution in [2.24, 2.45) is 5.92 Å². The molecule has 3 N–H and O–H groups in total. The number of anilines is 2. The van der Waals surface area contributed by atoms with Crippen LogP contribution in [0, 0.1) is 5.92 Å². The number of hydrogen-bond acceptors (Lipinski definition) is 5. The van der Waals surface area contributed by atoms with Crippen LogP contribution in [-0.4, -0.2) is 34.8 Å². The summed E-state index contributed by atoms with van der Waals surface area (Å²) >= 11 is 0. The summed E-state index contributed by atoms with van der Waals surface area (Å²) in [6.45, 7) is 2.10. The number of nitrogen functional groups attached to an aromatic ring is 1. The first kappa shape index (κ1) is 12.2. The normalized spacial score (nSPS) is 17.0. The van der Waals surface area contributed by atoms with Crippen LogP contribution >= 0.6 is 0 Å². The molecule has 2 aromatic rings. The van der Waals surface area contributed by atoms with Gasteiger partial charge in [0.05, 0.1) is 5.52 Å². The van der Waals surface area contributed by atoms with Gasteiger partial charge >= 0.3 is 0 Å². The predicted molar refractivity (Wildman–Crippen MR) is 76.0 cm³/mol. The Hall–Kier alpha value is -1.88. The van der Waals surface area contributed by atoms with Crippen molar-refractivity contribution in [3.63, 3.8) is 0 Å². The molecule has 0 bridgehead atoms. The Labute approximate surface area is 112 Å². The van der Waals surface area contributed by atoms with Gasteiger partial charge in [-0.2, -0.15) is 4.98 Å². The average molecular weight is 258 g/mol. The fourth-order valence-corrected chi connectivity index (χ4v) is 2.65. The van der Waals surface area contributed by atoms with Gasteiger partial charge in [-0.1, -0.05) is 12.1 Å². The zero-order valence-electron chi connectivity index (χ0n) is 10.8. The van der Waals surface area contributed by atoms with E-state index in [4.69, 9.17) is 5.73 Å². The summed E-state index contributed by atoms with van der Waals surface area (Å²) in [6.07, 6.45) is 1.99. The molecular weight excluding hydrogens is 240 g/mol. The maximum atomic E-state index is 9.20. The summed E-state index contributed by atoms with van der Waals surface area (Å²) in [6, 6.07) is 7.93. The molecule has 0 saturated carbocycles. The molecule has 3 rings (SSSR count). The van der Waals surface area contributed by atoms with E-state index in [0.29, 0.717) is 11.9 Å². The van der Waals surface area contributed by atoms with Gasteiger partial charge in [0, 0.05) is 25.1 Å². The van der Waals surface area contributed by atoms with Gasteiger partial charge in [-0.3, -0.25) is 0 Å². The van der Waals surface area contributed by atoms with Crippen LogP contribution in [0.25, 0.3) is 10.9 Å². The molecule has 0 atom stereocenters. The fourth-order valence-electron chi connectivity index (χ4n) is 2.65. The molecule has 5 heteroatoms. The standard InChI is InChI=1S/C14H18N4O/c15-14-16-12-4-2-1-3-11(12)13(17-14)18-7-5-10(9-19)6-8-18/h1-4,10,19H,5-9H2,(H2,15,16,17). The average Bonchev–Trinajstić information content (AvgIpc) is 2.46. The molecule has 1 fully saturated rings. The van der Waals surface area contributed by atoms with Gasteiger partial charge in [-0.25, -0.2) is 4.98 Å². The van der Waals surface area contributed by atoms with Crippen molar-refractivity contribution in [2.45, 2.75) is 12.8 Å². The van der Waals surface area contributed by atoms with Crippen molar-refractivity contribution in [1.82, 2.24) is 9.97 Å².